The third-order valence-corrected chi connectivity index (χ3v) is 4.90. The molecule has 1 amide bonds. The monoisotopic (exact) mass is 382 g/mol. The van der Waals surface area contributed by atoms with Gasteiger partial charge in [0, 0.05) is 12.1 Å². The van der Waals surface area contributed by atoms with Crippen LogP contribution < -0.4 is 19.7 Å². The van der Waals surface area contributed by atoms with Gasteiger partial charge < -0.3 is 19.7 Å². The number of rotatable bonds is 9. The first kappa shape index (κ1) is 20.1. The van der Waals surface area contributed by atoms with Gasteiger partial charge in [0.1, 0.15) is 17.6 Å². The van der Waals surface area contributed by atoms with Crippen LogP contribution in [0.3, 0.4) is 0 Å². The van der Waals surface area contributed by atoms with E-state index in [0.717, 1.165) is 36.6 Å². The van der Waals surface area contributed by atoms with Crippen LogP contribution >= 0.6 is 0 Å². The molecule has 1 aliphatic rings. The molecule has 0 bridgehead atoms. The summed E-state index contributed by atoms with van der Waals surface area (Å²) < 4.78 is 11.6. The smallest absolute Gasteiger partial charge is 0.220 e. The molecule has 0 spiro atoms. The number of carbonyl (C=O) groups is 1. The first-order valence-electron chi connectivity index (χ1n) is 10.1. The Morgan fingerprint density at radius 2 is 1.71 bits per heavy atom. The van der Waals surface area contributed by atoms with E-state index in [0.29, 0.717) is 13.0 Å². The van der Waals surface area contributed by atoms with Crippen LogP contribution in [0.1, 0.15) is 45.2 Å². The number of carbonyl (C=O) groups excluding carboxylic acids is 1. The zero-order valence-corrected chi connectivity index (χ0v) is 17.0. The maximum absolute atomic E-state index is 11.7. The Labute approximate surface area is 167 Å². The van der Waals surface area contributed by atoms with E-state index in [1.54, 1.807) is 0 Å². The number of benzene rings is 2. The molecular formula is C23H30N2O3. The van der Waals surface area contributed by atoms with Crippen LogP contribution in [-0.2, 0) is 4.79 Å². The van der Waals surface area contributed by atoms with E-state index in [4.69, 9.17) is 9.47 Å². The van der Waals surface area contributed by atoms with Crippen LogP contribution in [0.5, 0.6) is 11.5 Å². The van der Waals surface area contributed by atoms with Crippen molar-refractivity contribution in [1.29, 1.82) is 0 Å². The van der Waals surface area contributed by atoms with Gasteiger partial charge in [-0.25, -0.2) is 0 Å². The molecule has 1 atom stereocenters. The zero-order chi connectivity index (χ0) is 19.9. The SMILES string of the molecule is CCCC(=O)N[C@@H](C)c1ccc(OC2CN(c3ccc(OCC)cc3)C2)cc1. The molecule has 0 aliphatic carbocycles. The van der Waals surface area contributed by atoms with Crippen molar-refractivity contribution in [2.45, 2.75) is 45.8 Å². The number of nitrogens with one attached hydrogen (secondary N) is 1. The molecule has 3 rings (SSSR count). The molecule has 0 radical (unpaired) electrons. The average Bonchev–Trinajstić information content (AvgIpc) is 2.66. The molecular weight excluding hydrogens is 352 g/mol. The van der Waals surface area contributed by atoms with Gasteiger partial charge in [-0.1, -0.05) is 19.1 Å². The number of nitrogens with zero attached hydrogens (tertiary/aromatic N) is 1. The van der Waals surface area contributed by atoms with E-state index in [2.05, 4.69) is 22.3 Å². The lowest BCUT2D eigenvalue weighted by Gasteiger charge is -2.40. The summed E-state index contributed by atoms with van der Waals surface area (Å²) in [6, 6.07) is 16.2. The number of hydrogen-bond acceptors (Lipinski definition) is 4. The lowest BCUT2D eigenvalue weighted by atomic mass is 10.1. The van der Waals surface area contributed by atoms with Gasteiger partial charge in [-0.15, -0.1) is 0 Å². The minimum Gasteiger partial charge on any atom is -0.494 e. The summed E-state index contributed by atoms with van der Waals surface area (Å²) in [6.07, 6.45) is 1.62. The van der Waals surface area contributed by atoms with Crippen molar-refractivity contribution >= 4 is 11.6 Å². The van der Waals surface area contributed by atoms with E-state index in [1.165, 1.54) is 5.69 Å². The highest BCUT2D eigenvalue weighted by molar-refractivity contribution is 5.76. The van der Waals surface area contributed by atoms with Gasteiger partial charge in [0.2, 0.25) is 5.91 Å². The van der Waals surface area contributed by atoms with Crippen molar-refractivity contribution < 1.29 is 14.3 Å². The molecule has 2 aromatic carbocycles. The Hall–Kier alpha value is -2.69. The fraction of sp³-hybridized carbons (Fsp3) is 0.435. The number of hydrogen-bond donors (Lipinski definition) is 1. The van der Waals surface area contributed by atoms with E-state index in [1.807, 2.05) is 57.2 Å². The highest BCUT2D eigenvalue weighted by Gasteiger charge is 2.28. The average molecular weight is 383 g/mol. The Kier molecular flexibility index (Phi) is 6.80. The van der Waals surface area contributed by atoms with Crippen LogP contribution in [0.2, 0.25) is 0 Å². The minimum absolute atomic E-state index is 0.00644. The van der Waals surface area contributed by atoms with Crippen LogP contribution in [0.4, 0.5) is 5.69 Å². The fourth-order valence-corrected chi connectivity index (χ4v) is 3.29. The zero-order valence-electron chi connectivity index (χ0n) is 17.0. The molecule has 1 fully saturated rings. The molecule has 150 valence electrons. The maximum Gasteiger partial charge on any atom is 0.220 e. The third-order valence-electron chi connectivity index (χ3n) is 4.90. The third kappa shape index (κ3) is 5.18. The van der Waals surface area contributed by atoms with Gasteiger partial charge in [-0.3, -0.25) is 4.79 Å². The molecule has 0 aromatic heterocycles. The van der Waals surface area contributed by atoms with Crippen molar-refractivity contribution in [3.05, 3.63) is 54.1 Å². The van der Waals surface area contributed by atoms with Crippen molar-refractivity contribution in [2.75, 3.05) is 24.6 Å². The van der Waals surface area contributed by atoms with Gasteiger partial charge in [-0.05, 0) is 62.2 Å². The molecule has 28 heavy (non-hydrogen) atoms. The first-order valence-corrected chi connectivity index (χ1v) is 10.1. The molecule has 1 N–H and O–H groups in total. The molecule has 1 aliphatic heterocycles. The van der Waals surface area contributed by atoms with E-state index < -0.39 is 0 Å². The topological polar surface area (TPSA) is 50.8 Å². The van der Waals surface area contributed by atoms with Crippen molar-refractivity contribution in [3.8, 4) is 11.5 Å². The summed E-state index contributed by atoms with van der Waals surface area (Å²) in [4.78, 5) is 14.0. The van der Waals surface area contributed by atoms with Gasteiger partial charge in [0.05, 0.1) is 25.7 Å². The highest BCUT2D eigenvalue weighted by Crippen LogP contribution is 2.26. The van der Waals surface area contributed by atoms with Gasteiger partial charge >= 0.3 is 0 Å². The molecule has 1 heterocycles. The van der Waals surface area contributed by atoms with Gasteiger partial charge in [-0.2, -0.15) is 0 Å². The summed E-state index contributed by atoms with van der Waals surface area (Å²) in [5.41, 5.74) is 2.27. The van der Waals surface area contributed by atoms with Gasteiger partial charge in [0.25, 0.3) is 0 Å². The number of anilines is 1. The van der Waals surface area contributed by atoms with E-state index in [9.17, 15) is 4.79 Å². The van der Waals surface area contributed by atoms with Crippen LogP contribution in [-0.4, -0.2) is 31.7 Å². The Bertz CT molecular complexity index is 752. The minimum atomic E-state index is 0.00644. The number of ether oxygens (including phenoxy) is 2. The lowest BCUT2D eigenvalue weighted by Crippen LogP contribution is -2.54. The normalized spacial score (nSPS) is 14.9. The van der Waals surface area contributed by atoms with Crippen molar-refractivity contribution in [1.82, 2.24) is 5.32 Å². The summed E-state index contributed by atoms with van der Waals surface area (Å²) in [6.45, 7) is 8.43. The fourth-order valence-electron chi connectivity index (χ4n) is 3.29. The van der Waals surface area contributed by atoms with Gasteiger partial charge in [0.15, 0.2) is 0 Å². The number of amides is 1. The second-order valence-corrected chi connectivity index (χ2v) is 7.18. The summed E-state index contributed by atoms with van der Waals surface area (Å²) in [5.74, 6) is 1.87. The predicted octanol–water partition coefficient (Wildman–Crippen LogP) is 4.33. The predicted molar refractivity (Wildman–Crippen MR) is 112 cm³/mol. The van der Waals surface area contributed by atoms with Crippen LogP contribution in [0.15, 0.2) is 48.5 Å². The molecule has 5 heteroatoms. The second kappa shape index (κ2) is 9.49. The standard InChI is InChI=1S/C23H30N2O3/c1-4-6-23(26)24-17(3)18-7-11-21(12-8-18)28-22-15-25(16-22)19-9-13-20(14-10-19)27-5-2/h7-14,17,22H,4-6,15-16H2,1-3H3,(H,24,26)/t17-/m0/s1. The Morgan fingerprint density at radius 1 is 1.07 bits per heavy atom. The summed E-state index contributed by atoms with van der Waals surface area (Å²) in [7, 11) is 0. The molecule has 0 saturated carbocycles. The highest BCUT2D eigenvalue weighted by atomic mass is 16.5. The summed E-state index contributed by atoms with van der Waals surface area (Å²) >= 11 is 0. The largest absolute Gasteiger partial charge is 0.494 e. The van der Waals surface area contributed by atoms with E-state index in [-0.39, 0.29) is 18.1 Å². The summed E-state index contributed by atoms with van der Waals surface area (Å²) in [5, 5.41) is 3.02. The second-order valence-electron chi connectivity index (χ2n) is 7.18. The molecule has 0 unspecified atom stereocenters. The Balaban J connectivity index is 1.46. The molecule has 2 aromatic rings. The first-order chi connectivity index (χ1) is 13.6. The van der Waals surface area contributed by atoms with Crippen molar-refractivity contribution in [3.63, 3.8) is 0 Å². The van der Waals surface area contributed by atoms with Crippen LogP contribution in [0, 0.1) is 0 Å². The lowest BCUT2D eigenvalue weighted by molar-refractivity contribution is -0.121. The van der Waals surface area contributed by atoms with Crippen molar-refractivity contribution in [2.24, 2.45) is 0 Å². The maximum atomic E-state index is 11.7. The molecule has 5 nitrogen and oxygen atoms in total. The van der Waals surface area contributed by atoms with E-state index >= 15 is 0 Å². The molecule has 1 saturated heterocycles. The van der Waals surface area contributed by atoms with Crippen LogP contribution in [0.25, 0.3) is 0 Å². The quantitative estimate of drug-likeness (QED) is 0.701. The Morgan fingerprint density at radius 3 is 2.32 bits per heavy atom.